The molecule has 0 unspecified atom stereocenters. The van der Waals surface area contributed by atoms with E-state index in [1.807, 2.05) is 53.9 Å². The van der Waals surface area contributed by atoms with E-state index in [-0.39, 0.29) is 11.7 Å². The lowest BCUT2D eigenvalue weighted by atomic mass is 10.0. The second kappa shape index (κ2) is 8.08. The van der Waals surface area contributed by atoms with Gasteiger partial charge in [0.05, 0.1) is 22.3 Å². The SMILES string of the molecule is O=C(N/N=C/c1cc(-c2ccc(F)cc2)nc2c1ccc1ccccc12)c1cccs1. The van der Waals surface area contributed by atoms with Crippen LogP contribution >= 0.6 is 11.3 Å². The summed E-state index contributed by atoms with van der Waals surface area (Å²) in [6.07, 6.45) is 1.62. The van der Waals surface area contributed by atoms with E-state index in [9.17, 15) is 9.18 Å². The van der Waals surface area contributed by atoms with Crippen molar-refractivity contribution in [2.45, 2.75) is 0 Å². The summed E-state index contributed by atoms with van der Waals surface area (Å²) in [5.41, 5.74) is 5.71. The van der Waals surface area contributed by atoms with E-state index >= 15 is 0 Å². The van der Waals surface area contributed by atoms with Crippen molar-refractivity contribution < 1.29 is 9.18 Å². The van der Waals surface area contributed by atoms with Gasteiger partial charge in [0.1, 0.15) is 5.82 Å². The molecule has 0 aliphatic carbocycles. The van der Waals surface area contributed by atoms with Gasteiger partial charge in [0.25, 0.3) is 5.91 Å². The maximum absolute atomic E-state index is 13.4. The molecule has 2 aromatic heterocycles. The minimum atomic E-state index is -0.298. The number of hydrazone groups is 1. The van der Waals surface area contributed by atoms with E-state index in [2.05, 4.69) is 10.5 Å². The number of amides is 1. The lowest BCUT2D eigenvalue weighted by Gasteiger charge is -2.10. The Morgan fingerprint density at radius 2 is 1.81 bits per heavy atom. The molecule has 0 bridgehead atoms. The Morgan fingerprint density at radius 1 is 0.968 bits per heavy atom. The maximum Gasteiger partial charge on any atom is 0.281 e. The molecule has 1 N–H and O–H groups in total. The Hall–Kier alpha value is -3.90. The van der Waals surface area contributed by atoms with Gasteiger partial charge in [-0.05, 0) is 47.2 Å². The van der Waals surface area contributed by atoms with Crippen LogP contribution in [0, 0.1) is 5.82 Å². The molecule has 5 aromatic rings. The van der Waals surface area contributed by atoms with Crippen molar-refractivity contribution in [3.8, 4) is 11.3 Å². The lowest BCUT2D eigenvalue weighted by molar-refractivity contribution is 0.0959. The fourth-order valence-corrected chi connectivity index (χ4v) is 4.10. The van der Waals surface area contributed by atoms with Gasteiger partial charge in [0.15, 0.2) is 0 Å². The number of aromatic nitrogens is 1. The van der Waals surface area contributed by atoms with Crippen molar-refractivity contribution in [2.75, 3.05) is 0 Å². The Labute approximate surface area is 181 Å². The summed E-state index contributed by atoms with van der Waals surface area (Å²) in [6, 6.07) is 23.8. The summed E-state index contributed by atoms with van der Waals surface area (Å²) < 4.78 is 13.4. The molecular weight excluding hydrogens is 409 g/mol. The number of fused-ring (bicyclic) bond motifs is 3. The molecule has 4 nitrogen and oxygen atoms in total. The number of benzene rings is 3. The number of pyridine rings is 1. The highest BCUT2D eigenvalue weighted by molar-refractivity contribution is 7.12. The Bertz CT molecular complexity index is 1430. The van der Waals surface area contributed by atoms with Crippen LogP contribution in [0.1, 0.15) is 15.2 Å². The van der Waals surface area contributed by atoms with Gasteiger partial charge in [0.2, 0.25) is 0 Å². The average Bonchev–Trinajstić information content (AvgIpc) is 3.34. The smallest absolute Gasteiger partial charge is 0.266 e. The molecular formula is C25H16FN3OS. The van der Waals surface area contributed by atoms with E-state index in [1.54, 1.807) is 24.4 Å². The van der Waals surface area contributed by atoms with Crippen molar-refractivity contribution in [1.29, 1.82) is 0 Å². The lowest BCUT2D eigenvalue weighted by Crippen LogP contribution is -2.16. The number of nitrogens with one attached hydrogen (secondary N) is 1. The van der Waals surface area contributed by atoms with Gasteiger partial charge < -0.3 is 0 Å². The average molecular weight is 425 g/mol. The number of hydrogen-bond acceptors (Lipinski definition) is 4. The maximum atomic E-state index is 13.4. The molecule has 31 heavy (non-hydrogen) atoms. The Morgan fingerprint density at radius 3 is 2.61 bits per heavy atom. The Balaban J connectivity index is 1.63. The topological polar surface area (TPSA) is 54.4 Å². The van der Waals surface area contributed by atoms with Crippen LogP contribution in [-0.2, 0) is 0 Å². The molecule has 0 aliphatic rings. The molecule has 6 heteroatoms. The first-order valence-electron chi connectivity index (χ1n) is 9.64. The normalized spacial score (nSPS) is 11.4. The van der Waals surface area contributed by atoms with E-state index in [4.69, 9.17) is 4.98 Å². The fraction of sp³-hybridized carbons (Fsp3) is 0. The number of thiophene rings is 1. The number of nitrogens with zero attached hydrogens (tertiary/aromatic N) is 2. The van der Waals surface area contributed by atoms with Gasteiger partial charge in [-0.1, -0.05) is 42.5 Å². The van der Waals surface area contributed by atoms with Crippen molar-refractivity contribution in [2.24, 2.45) is 5.10 Å². The molecule has 3 aromatic carbocycles. The summed E-state index contributed by atoms with van der Waals surface area (Å²) in [6.45, 7) is 0. The third-order valence-electron chi connectivity index (χ3n) is 4.99. The first-order valence-corrected chi connectivity index (χ1v) is 10.5. The zero-order valence-corrected chi connectivity index (χ0v) is 17.1. The first-order chi connectivity index (χ1) is 15.2. The van der Waals surface area contributed by atoms with Gasteiger partial charge in [-0.25, -0.2) is 14.8 Å². The highest BCUT2D eigenvalue weighted by Gasteiger charge is 2.10. The molecule has 0 fully saturated rings. The predicted octanol–water partition coefficient (Wildman–Crippen LogP) is 6.02. The summed E-state index contributed by atoms with van der Waals surface area (Å²) in [5.74, 6) is -0.554. The van der Waals surface area contributed by atoms with Crippen LogP contribution in [-0.4, -0.2) is 17.1 Å². The van der Waals surface area contributed by atoms with Crippen LogP contribution in [0.15, 0.2) is 89.3 Å². The molecule has 2 heterocycles. The second-order valence-electron chi connectivity index (χ2n) is 6.96. The van der Waals surface area contributed by atoms with Crippen LogP contribution in [0.4, 0.5) is 4.39 Å². The predicted molar refractivity (Wildman–Crippen MR) is 124 cm³/mol. The van der Waals surface area contributed by atoms with Crippen molar-refractivity contribution in [3.05, 3.63) is 101 Å². The minimum absolute atomic E-state index is 0.256. The zero-order chi connectivity index (χ0) is 21.2. The van der Waals surface area contributed by atoms with Crippen molar-refractivity contribution in [3.63, 3.8) is 0 Å². The molecule has 0 aliphatic heterocycles. The van der Waals surface area contributed by atoms with Gasteiger partial charge >= 0.3 is 0 Å². The number of halogens is 1. The van der Waals surface area contributed by atoms with Gasteiger partial charge in [-0.15, -0.1) is 11.3 Å². The fourth-order valence-electron chi connectivity index (χ4n) is 3.48. The highest BCUT2D eigenvalue weighted by atomic mass is 32.1. The standard InChI is InChI=1S/C25H16FN3OS/c26-19-10-7-17(8-11-19)22-14-18(15-27-29-25(30)23-6-3-13-31-23)21-12-9-16-4-1-2-5-20(16)24(21)28-22/h1-15H,(H,29,30)/b27-15+. The van der Waals surface area contributed by atoms with Crippen molar-refractivity contribution >= 4 is 45.1 Å². The van der Waals surface area contributed by atoms with Crippen molar-refractivity contribution in [1.82, 2.24) is 10.4 Å². The van der Waals surface area contributed by atoms with Crippen LogP contribution in [0.3, 0.4) is 0 Å². The minimum Gasteiger partial charge on any atom is -0.266 e. The highest BCUT2D eigenvalue weighted by Crippen LogP contribution is 2.29. The quantitative estimate of drug-likeness (QED) is 0.217. The monoisotopic (exact) mass is 425 g/mol. The number of carbonyl (C=O) groups excluding carboxylic acids is 1. The second-order valence-corrected chi connectivity index (χ2v) is 7.91. The number of carbonyl (C=O) groups is 1. The summed E-state index contributed by atoms with van der Waals surface area (Å²) in [5, 5.41) is 9.02. The van der Waals surface area contributed by atoms with E-state index in [0.29, 0.717) is 10.6 Å². The molecule has 0 radical (unpaired) electrons. The summed E-state index contributed by atoms with van der Waals surface area (Å²) in [7, 11) is 0. The summed E-state index contributed by atoms with van der Waals surface area (Å²) >= 11 is 1.36. The van der Waals surface area contributed by atoms with Crippen LogP contribution in [0.25, 0.3) is 32.9 Å². The first kappa shape index (κ1) is 19.1. The number of rotatable bonds is 4. The summed E-state index contributed by atoms with van der Waals surface area (Å²) in [4.78, 5) is 17.7. The Kier molecular flexibility index (Phi) is 4.98. The largest absolute Gasteiger partial charge is 0.281 e. The van der Waals surface area contributed by atoms with Crippen LogP contribution < -0.4 is 5.43 Å². The van der Waals surface area contributed by atoms with Crippen LogP contribution in [0.5, 0.6) is 0 Å². The van der Waals surface area contributed by atoms with Gasteiger partial charge in [0, 0.05) is 21.9 Å². The molecule has 5 rings (SSSR count). The molecule has 0 saturated carbocycles. The molecule has 0 saturated heterocycles. The van der Waals surface area contributed by atoms with E-state index < -0.39 is 0 Å². The molecule has 150 valence electrons. The molecule has 0 spiro atoms. The van der Waals surface area contributed by atoms with Crippen LogP contribution in [0.2, 0.25) is 0 Å². The third kappa shape index (κ3) is 3.81. The van der Waals surface area contributed by atoms with E-state index in [0.717, 1.165) is 32.8 Å². The number of hydrogen-bond donors (Lipinski definition) is 1. The van der Waals surface area contributed by atoms with Gasteiger partial charge in [-0.3, -0.25) is 4.79 Å². The molecule has 1 amide bonds. The molecule has 0 atom stereocenters. The zero-order valence-electron chi connectivity index (χ0n) is 16.2. The van der Waals surface area contributed by atoms with E-state index in [1.165, 1.54) is 23.5 Å². The third-order valence-corrected chi connectivity index (χ3v) is 5.86. The van der Waals surface area contributed by atoms with Gasteiger partial charge in [-0.2, -0.15) is 5.10 Å².